The lowest BCUT2D eigenvalue weighted by atomic mass is 10.1. The number of nitrogens with zero attached hydrogens (tertiary/aromatic N) is 3. The van der Waals surface area contributed by atoms with Gasteiger partial charge in [0, 0.05) is 24.7 Å². The van der Waals surface area contributed by atoms with Gasteiger partial charge in [0.25, 0.3) is 0 Å². The molecule has 0 amide bonds. The van der Waals surface area contributed by atoms with Gasteiger partial charge in [-0.15, -0.1) is 0 Å². The average molecular weight is 284 g/mol. The van der Waals surface area contributed by atoms with Crippen molar-refractivity contribution in [2.45, 2.75) is 40.0 Å². The Morgan fingerprint density at radius 1 is 1.10 bits per heavy atom. The average Bonchev–Trinajstić information content (AvgIpc) is 2.50. The number of hydrogen-bond donors (Lipinski definition) is 1. The molecule has 0 radical (unpaired) electrons. The number of benzene rings is 1. The minimum absolute atomic E-state index is 0.570. The summed E-state index contributed by atoms with van der Waals surface area (Å²) in [6, 6.07) is 8.55. The predicted octanol–water partition coefficient (Wildman–Crippen LogP) is 3.65. The molecule has 1 aromatic carbocycles. The molecule has 0 unspecified atom stereocenters. The topological polar surface area (TPSA) is 55.0 Å². The first-order chi connectivity index (χ1) is 10.1. The minimum atomic E-state index is 0.570. The molecular weight excluding hydrogens is 260 g/mol. The monoisotopic (exact) mass is 284 g/mol. The van der Waals surface area contributed by atoms with Gasteiger partial charge in [-0.3, -0.25) is 0 Å². The predicted molar refractivity (Wildman–Crippen MR) is 89.1 cm³/mol. The van der Waals surface area contributed by atoms with Crippen LogP contribution in [0, 0.1) is 6.92 Å². The first kappa shape index (κ1) is 15.3. The van der Waals surface area contributed by atoms with Gasteiger partial charge in [0.1, 0.15) is 17.5 Å². The van der Waals surface area contributed by atoms with E-state index in [1.807, 2.05) is 14.0 Å². The van der Waals surface area contributed by atoms with Crippen LogP contribution in [0.15, 0.2) is 24.3 Å². The fourth-order valence-corrected chi connectivity index (χ4v) is 2.31. The van der Waals surface area contributed by atoms with Gasteiger partial charge < -0.3 is 10.6 Å². The van der Waals surface area contributed by atoms with Crippen LogP contribution >= 0.6 is 0 Å². The van der Waals surface area contributed by atoms with Crippen molar-refractivity contribution in [3.8, 4) is 0 Å². The van der Waals surface area contributed by atoms with Crippen molar-refractivity contribution in [3.63, 3.8) is 0 Å². The second kappa shape index (κ2) is 6.57. The molecule has 112 valence electrons. The van der Waals surface area contributed by atoms with Crippen LogP contribution in [0.5, 0.6) is 0 Å². The van der Waals surface area contributed by atoms with Gasteiger partial charge in [0.05, 0.1) is 0 Å². The Balaban J connectivity index is 2.38. The molecule has 4 nitrogen and oxygen atoms in total. The van der Waals surface area contributed by atoms with E-state index in [1.54, 1.807) is 0 Å². The fraction of sp³-hybridized carbons (Fsp3) is 0.412. The maximum absolute atomic E-state index is 6.04. The number of anilines is 3. The van der Waals surface area contributed by atoms with Gasteiger partial charge in [0.15, 0.2) is 0 Å². The summed E-state index contributed by atoms with van der Waals surface area (Å²) in [5.74, 6) is 2.27. The SMILES string of the molecule is CCCc1nc(N)c(C)c(N(C)c2ccc(CC)cc2)n1. The van der Waals surface area contributed by atoms with Crippen molar-refractivity contribution in [3.05, 3.63) is 41.2 Å². The zero-order chi connectivity index (χ0) is 15.4. The maximum atomic E-state index is 6.04. The summed E-state index contributed by atoms with van der Waals surface area (Å²) in [6.45, 7) is 6.24. The van der Waals surface area contributed by atoms with Crippen LogP contribution in [0.3, 0.4) is 0 Å². The Labute approximate surface area is 127 Å². The van der Waals surface area contributed by atoms with Crippen LogP contribution in [0.2, 0.25) is 0 Å². The lowest BCUT2D eigenvalue weighted by Gasteiger charge is -2.22. The Hall–Kier alpha value is -2.10. The summed E-state index contributed by atoms with van der Waals surface area (Å²) < 4.78 is 0. The smallest absolute Gasteiger partial charge is 0.141 e. The zero-order valence-corrected chi connectivity index (χ0v) is 13.3. The third kappa shape index (κ3) is 3.32. The third-order valence-electron chi connectivity index (χ3n) is 3.73. The van der Waals surface area contributed by atoms with Crippen LogP contribution in [0.1, 0.15) is 37.2 Å². The van der Waals surface area contributed by atoms with Crippen LogP contribution in [-0.4, -0.2) is 17.0 Å². The number of nitrogens with two attached hydrogens (primary N) is 1. The molecule has 1 heterocycles. The molecule has 2 aromatic rings. The molecule has 0 aliphatic carbocycles. The Morgan fingerprint density at radius 2 is 1.76 bits per heavy atom. The lowest BCUT2D eigenvalue weighted by Crippen LogP contribution is -2.16. The molecule has 0 saturated carbocycles. The summed E-state index contributed by atoms with van der Waals surface area (Å²) in [5, 5.41) is 0. The van der Waals surface area contributed by atoms with E-state index in [-0.39, 0.29) is 0 Å². The normalized spacial score (nSPS) is 10.7. The highest BCUT2D eigenvalue weighted by molar-refractivity contribution is 5.66. The van der Waals surface area contributed by atoms with Gasteiger partial charge in [-0.05, 0) is 37.5 Å². The van der Waals surface area contributed by atoms with E-state index in [0.717, 1.165) is 42.2 Å². The van der Waals surface area contributed by atoms with Gasteiger partial charge >= 0.3 is 0 Å². The highest BCUT2D eigenvalue weighted by Crippen LogP contribution is 2.27. The molecule has 0 atom stereocenters. The zero-order valence-electron chi connectivity index (χ0n) is 13.3. The standard InChI is InChI=1S/C17H24N4/c1-5-7-15-19-16(18)12(3)17(20-15)21(4)14-10-8-13(6-2)9-11-14/h8-11H,5-7H2,1-4H3,(H2,18,19,20). The second-order valence-corrected chi connectivity index (χ2v) is 5.30. The Morgan fingerprint density at radius 3 is 2.33 bits per heavy atom. The Kier molecular flexibility index (Phi) is 4.78. The van der Waals surface area contributed by atoms with Crippen LogP contribution in [0.4, 0.5) is 17.3 Å². The van der Waals surface area contributed by atoms with E-state index in [0.29, 0.717) is 5.82 Å². The molecule has 0 spiro atoms. The van der Waals surface area contributed by atoms with E-state index in [9.17, 15) is 0 Å². The first-order valence-corrected chi connectivity index (χ1v) is 7.52. The number of hydrogen-bond acceptors (Lipinski definition) is 4. The molecule has 2 N–H and O–H groups in total. The maximum Gasteiger partial charge on any atom is 0.141 e. The van der Waals surface area contributed by atoms with E-state index >= 15 is 0 Å². The van der Waals surface area contributed by atoms with Crippen molar-refractivity contribution in [1.29, 1.82) is 0 Å². The summed E-state index contributed by atoms with van der Waals surface area (Å²) in [4.78, 5) is 11.1. The molecule has 4 heteroatoms. The number of aryl methyl sites for hydroxylation is 2. The van der Waals surface area contributed by atoms with Crippen molar-refractivity contribution >= 4 is 17.3 Å². The van der Waals surface area contributed by atoms with Crippen molar-refractivity contribution in [2.24, 2.45) is 0 Å². The quantitative estimate of drug-likeness (QED) is 0.910. The van der Waals surface area contributed by atoms with Crippen LogP contribution < -0.4 is 10.6 Å². The van der Waals surface area contributed by atoms with Crippen molar-refractivity contribution in [1.82, 2.24) is 9.97 Å². The van der Waals surface area contributed by atoms with Crippen LogP contribution in [-0.2, 0) is 12.8 Å². The van der Waals surface area contributed by atoms with Crippen LogP contribution in [0.25, 0.3) is 0 Å². The van der Waals surface area contributed by atoms with Crippen molar-refractivity contribution < 1.29 is 0 Å². The molecule has 0 fully saturated rings. The van der Waals surface area contributed by atoms with E-state index in [4.69, 9.17) is 5.73 Å². The highest BCUT2D eigenvalue weighted by Gasteiger charge is 2.13. The van der Waals surface area contributed by atoms with Gasteiger partial charge in [0.2, 0.25) is 0 Å². The molecule has 0 aliphatic heterocycles. The van der Waals surface area contributed by atoms with Gasteiger partial charge in [-0.1, -0.05) is 26.0 Å². The third-order valence-corrected chi connectivity index (χ3v) is 3.73. The fourth-order valence-electron chi connectivity index (χ4n) is 2.31. The summed E-state index contributed by atoms with van der Waals surface area (Å²) >= 11 is 0. The molecule has 0 saturated heterocycles. The second-order valence-electron chi connectivity index (χ2n) is 5.30. The lowest BCUT2D eigenvalue weighted by molar-refractivity contribution is 0.830. The van der Waals surface area contributed by atoms with E-state index < -0.39 is 0 Å². The van der Waals surface area contributed by atoms with Gasteiger partial charge in [-0.25, -0.2) is 9.97 Å². The summed E-state index contributed by atoms with van der Waals surface area (Å²) in [6.07, 6.45) is 2.90. The largest absolute Gasteiger partial charge is 0.383 e. The van der Waals surface area contributed by atoms with E-state index in [1.165, 1.54) is 5.56 Å². The molecular formula is C17H24N4. The molecule has 1 aromatic heterocycles. The molecule has 21 heavy (non-hydrogen) atoms. The first-order valence-electron chi connectivity index (χ1n) is 7.52. The molecule has 2 rings (SSSR count). The molecule has 0 aliphatic rings. The Bertz CT molecular complexity index is 605. The van der Waals surface area contributed by atoms with Crippen molar-refractivity contribution in [2.75, 3.05) is 17.7 Å². The summed E-state index contributed by atoms with van der Waals surface area (Å²) in [7, 11) is 2.02. The molecule has 0 bridgehead atoms. The highest BCUT2D eigenvalue weighted by atomic mass is 15.2. The number of nitrogen functional groups attached to an aromatic ring is 1. The minimum Gasteiger partial charge on any atom is -0.383 e. The number of rotatable bonds is 5. The number of aromatic nitrogens is 2. The summed E-state index contributed by atoms with van der Waals surface area (Å²) in [5.41, 5.74) is 9.40. The van der Waals surface area contributed by atoms with Gasteiger partial charge in [-0.2, -0.15) is 0 Å². The van der Waals surface area contributed by atoms with E-state index in [2.05, 4.69) is 53.0 Å².